The van der Waals surface area contributed by atoms with Crippen molar-refractivity contribution in [2.45, 2.75) is 27.7 Å². The first-order chi connectivity index (χ1) is 15.5. The molecule has 0 aliphatic carbocycles. The van der Waals surface area contributed by atoms with Crippen LogP contribution in [0.1, 0.15) is 22.3 Å². The van der Waals surface area contributed by atoms with Gasteiger partial charge in [0.15, 0.2) is 0 Å². The van der Waals surface area contributed by atoms with Crippen LogP contribution in [0, 0.1) is 27.7 Å². The summed E-state index contributed by atoms with van der Waals surface area (Å²) in [6.45, 7) is 8.53. The second-order valence-corrected chi connectivity index (χ2v) is 8.88. The Labute approximate surface area is 187 Å². The lowest BCUT2D eigenvalue weighted by Crippen LogP contribution is -1.85. The minimum absolute atomic E-state index is 0.910. The van der Waals surface area contributed by atoms with Crippen molar-refractivity contribution in [1.82, 2.24) is 0 Å². The summed E-state index contributed by atoms with van der Waals surface area (Å²) in [4.78, 5) is 0. The smallest absolute Gasteiger partial charge is 0.135 e. The van der Waals surface area contributed by atoms with E-state index in [0.29, 0.717) is 0 Å². The molecule has 2 aromatic heterocycles. The van der Waals surface area contributed by atoms with Crippen LogP contribution >= 0.6 is 0 Å². The molecule has 32 heavy (non-hydrogen) atoms. The molecule has 0 unspecified atom stereocenters. The Morgan fingerprint density at radius 1 is 0.438 bits per heavy atom. The Hall–Kier alpha value is -3.78. The minimum Gasteiger partial charge on any atom is -0.456 e. The molecule has 6 rings (SSSR count). The highest BCUT2D eigenvalue weighted by Gasteiger charge is 2.15. The van der Waals surface area contributed by atoms with E-state index in [-0.39, 0.29) is 0 Å². The lowest BCUT2D eigenvalue weighted by Gasteiger charge is -2.05. The van der Waals surface area contributed by atoms with Gasteiger partial charge in [-0.3, -0.25) is 0 Å². The summed E-state index contributed by atoms with van der Waals surface area (Å²) in [6, 6.07) is 25.7. The van der Waals surface area contributed by atoms with Crippen molar-refractivity contribution in [3.8, 4) is 22.6 Å². The Bertz CT molecular complexity index is 1430. The molecule has 0 bridgehead atoms. The third-order valence-electron chi connectivity index (χ3n) is 6.57. The van der Waals surface area contributed by atoms with Crippen molar-refractivity contribution in [1.29, 1.82) is 0 Å². The molecule has 0 saturated carbocycles. The molecule has 0 fully saturated rings. The fourth-order valence-electron chi connectivity index (χ4n) is 4.98. The first-order valence-electron chi connectivity index (χ1n) is 11.0. The predicted molar refractivity (Wildman–Crippen MR) is 133 cm³/mol. The van der Waals surface area contributed by atoms with E-state index in [0.717, 1.165) is 44.2 Å². The van der Waals surface area contributed by atoms with Crippen molar-refractivity contribution >= 4 is 32.7 Å². The molecular weight excluding hydrogens is 392 g/mol. The van der Waals surface area contributed by atoms with Crippen LogP contribution in [-0.4, -0.2) is 0 Å². The van der Waals surface area contributed by atoms with Crippen LogP contribution in [0.4, 0.5) is 0 Å². The quantitative estimate of drug-likeness (QED) is 0.282. The van der Waals surface area contributed by atoms with Gasteiger partial charge in [-0.2, -0.15) is 0 Å². The number of fused-ring (bicyclic) bond motifs is 3. The zero-order chi connectivity index (χ0) is 22.0. The van der Waals surface area contributed by atoms with Gasteiger partial charge < -0.3 is 8.83 Å². The summed E-state index contributed by atoms with van der Waals surface area (Å²) >= 11 is 0. The van der Waals surface area contributed by atoms with Gasteiger partial charge in [-0.1, -0.05) is 36.4 Å². The number of hydrogen-bond donors (Lipinski definition) is 0. The molecule has 2 heteroatoms. The van der Waals surface area contributed by atoms with Crippen molar-refractivity contribution in [2.24, 2.45) is 0 Å². The van der Waals surface area contributed by atoms with Gasteiger partial charge >= 0.3 is 0 Å². The van der Waals surface area contributed by atoms with Gasteiger partial charge in [-0.05, 0) is 97.1 Å². The molecule has 2 heterocycles. The molecule has 0 atom stereocenters. The van der Waals surface area contributed by atoms with Crippen LogP contribution < -0.4 is 0 Å². The largest absolute Gasteiger partial charge is 0.456 e. The number of aryl methyl sites for hydroxylation is 4. The van der Waals surface area contributed by atoms with Crippen LogP contribution in [0.5, 0.6) is 0 Å². The highest BCUT2D eigenvalue weighted by molar-refractivity contribution is 6.04. The summed E-state index contributed by atoms with van der Waals surface area (Å²) in [5.74, 6) is 1.85. The summed E-state index contributed by atoms with van der Waals surface area (Å²) in [5, 5.41) is 4.52. The van der Waals surface area contributed by atoms with E-state index < -0.39 is 0 Å². The van der Waals surface area contributed by atoms with E-state index in [1.807, 2.05) is 0 Å². The summed E-state index contributed by atoms with van der Waals surface area (Å²) in [6.07, 6.45) is 0. The van der Waals surface area contributed by atoms with Crippen LogP contribution in [0.15, 0.2) is 81.6 Å². The third kappa shape index (κ3) is 2.87. The van der Waals surface area contributed by atoms with Gasteiger partial charge in [0.2, 0.25) is 0 Å². The van der Waals surface area contributed by atoms with Gasteiger partial charge in [0.05, 0.1) is 0 Å². The topological polar surface area (TPSA) is 26.3 Å². The average molecular weight is 417 g/mol. The van der Waals surface area contributed by atoms with Gasteiger partial charge in [-0.25, -0.2) is 0 Å². The number of benzene rings is 4. The Morgan fingerprint density at radius 3 is 1.19 bits per heavy atom. The van der Waals surface area contributed by atoms with Gasteiger partial charge in [-0.15, -0.1) is 0 Å². The lowest BCUT2D eigenvalue weighted by atomic mass is 10.00. The maximum atomic E-state index is 6.32. The molecule has 0 aliphatic heterocycles. The SMILES string of the molecule is Cc1cccc(C)c1-c1cc2cc3cc4oc(-c5c(C)cccc5C)cc4cc3cc2o1. The minimum atomic E-state index is 0.910. The summed E-state index contributed by atoms with van der Waals surface area (Å²) < 4.78 is 12.6. The van der Waals surface area contributed by atoms with E-state index in [9.17, 15) is 0 Å². The maximum absolute atomic E-state index is 6.32. The highest BCUT2D eigenvalue weighted by atomic mass is 16.3. The molecule has 0 aliphatic rings. The third-order valence-corrected chi connectivity index (χ3v) is 6.57. The van der Waals surface area contributed by atoms with E-state index in [1.54, 1.807) is 0 Å². The molecule has 0 radical (unpaired) electrons. The summed E-state index contributed by atoms with van der Waals surface area (Å²) in [7, 11) is 0. The van der Waals surface area contributed by atoms with Crippen molar-refractivity contribution < 1.29 is 8.83 Å². The normalized spacial score (nSPS) is 11.8. The van der Waals surface area contributed by atoms with Crippen molar-refractivity contribution in [3.63, 3.8) is 0 Å². The second kappa shape index (κ2) is 6.86. The van der Waals surface area contributed by atoms with Gasteiger partial charge in [0.25, 0.3) is 0 Å². The average Bonchev–Trinajstić information content (AvgIpc) is 3.33. The molecule has 6 aromatic rings. The Kier molecular flexibility index (Phi) is 4.06. The maximum Gasteiger partial charge on any atom is 0.135 e. The van der Waals surface area contributed by atoms with E-state index in [4.69, 9.17) is 8.83 Å². The molecule has 156 valence electrons. The Morgan fingerprint density at radius 2 is 0.812 bits per heavy atom. The number of hydrogen-bond acceptors (Lipinski definition) is 2. The molecule has 0 spiro atoms. The zero-order valence-electron chi connectivity index (χ0n) is 18.7. The number of rotatable bonds is 2. The first-order valence-corrected chi connectivity index (χ1v) is 11.0. The molecule has 0 N–H and O–H groups in total. The van der Waals surface area contributed by atoms with E-state index in [1.165, 1.54) is 33.4 Å². The van der Waals surface area contributed by atoms with Crippen molar-refractivity contribution in [2.75, 3.05) is 0 Å². The van der Waals surface area contributed by atoms with Gasteiger partial charge in [0.1, 0.15) is 22.7 Å². The first kappa shape index (κ1) is 18.9. The number of furan rings is 2. The molecule has 0 saturated heterocycles. The van der Waals surface area contributed by atoms with Crippen LogP contribution in [-0.2, 0) is 0 Å². The lowest BCUT2D eigenvalue weighted by molar-refractivity contribution is 0.630. The van der Waals surface area contributed by atoms with Crippen molar-refractivity contribution in [3.05, 3.63) is 95.1 Å². The fourth-order valence-corrected chi connectivity index (χ4v) is 4.98. The summed E-state index contributed by atoms with van der Waals surface area (Å²) in [5.41, 5.74) is 9.09. The van der Waals surface area contributed by atoms with Gasteiger partial charge in [0, 0.05) is 21.9 Å². The second-order valence-electron chi connectivity index (χ2n) is 8.88. The molecular formula is C30H24O2. The predicted octanol–water partition coefficient (Wildman–Crippen LogP) is 8.90. The van der Waals surface area contributed by atoms with Crippen LogP contribution in [0.2, 0.25) is 0 Å². The standard InChI is InChI=1S/C30H24O2/c1-17-7-5-8-18(2)29(17)27-15-23-11-21-14-26-24(12-22(21)13-25(23)31-27)16-28(32-26)30-19(3)9-6-10-20(30)4/h5-16H,1-4H3. The van der Waals surface area contributed by atoms with E-state index in [2.05, 4.69) is 100 Å². The molecule has 4 aromatic carbocycles. The Balaban J connectivity index is 1.52. The van der Waals surface area contributed by atoms with Crippen LogP contribution in [0.25, 0.3) is 55.4 Å². The molecule has 2 nitrogen and oxygen atoms in total. The highest BCUT2D eigenvalue weighted by Crippen LogP contribution is 2.37. The van der Waals surface area contributed by atoms with Crippen LogP contribution in [0.3, 0.4) is 0 Å². The molecule has 0 amide bonds. The van der Waals surface area contributed by atoms with E-state index >= 15 is 0 Å². The monoisotopic (exact) mass is 416 g/mol. The zero-order valence-corrected chi connectivity index (χ0v) is 18.7. The fraction of sp³-hybridized carbons (Fsp3) is 0.133.